The molecule has 0 amide bonds. The smallest absolute Gasteiger partial charge is 0.0733 e. The zero-order valence-corrected chi connectivity index (χ0v) is 19.8. The Morgan fingerprint density at radius 3 is 1.93 bits per heavy atom. The summed E-state index contributed by atoms with van der Waals surface area (Å²) in [5, 5.41) is 3.29. The Balaban J connectivity index is 2.41. The summed E-state index contributed by atoms with van der Waals surface area (Å²) in [4.78, 5) is 0. The molecule has 2 aromatic rings. The predicted octanol–water partition coefficient (Wildman–Crippen LogP) is 6.72. The monoisotopic (exact) mass is 388 g/mol. The number of rotatable bonds is 6. The van der Waals surface area contributed by atoms with E-state index in [9.17, 15) is 0 Å². The molecule has 0 N–H and O–H groups in total. The van der Waals surface area contributed by atoms with Gasteiger partial charge in [-0.15, -0.1) is 0 Å². The van der Waals surface area contributed by atoms with Crippen LogP contribution in [-0.2, 0) is 0 Å². The Bertz CT molecular complexity index is 898. The Kier molecular flexibility index (Phi) is 5.86. The summed E-state index contributed by atoms with van der Waals surface area (Å²) < 4.78 is 0. The number of aryl methyl sites for hydroxylation is 2. The lowest BCUT2D eigenvalue weighted by atomic mass is 10.0. The summed E-state index contributed by atoms with van der Waals surface area (Å²) in [6, 6.07) is 20.1. The third-order valence-electron chi connectivity index (χ3n) is 7.21. The van der Waals surface area contributed by atoms with E-state index in [1.807, 2.05) is 0 Å². The van der Waals surface area contributed by atoms with Crippen LogP contribution < -0.4 is 10.4 Å². The first kappa shape index (κ1) is 20.9. The van der Waals surface area contributed by atoms with Crippen molar-refractivity contribution in [2.45, 2.75) is 72.4 Å². The van der Waals surface area contributed by atoms with Gasteiger partial charge in [-0.2, -0.15) is 0 Å². The van der Waals surface area contributed by atoms with Crippen LogP contribution in [0.2, 0.25) is 11.1 Å². The van der Waals surface area contributed by atoms with Crippen molar-refractivity contribution < 1.29 is 0 Å². The van der Waals surface area contributed by atoms with Gasteiger partial charge < -0.3 is 0 Å². The molecule has 0 spiro atoms. The van der Waals surface area contributed by atoms with Gasteiger partial charge in [0, 0.05) is 5.04 Å². The van der Waals surface area contributed by atoms with Gasteiger partial charge in [0.15, 0.2) is 0 Å². The molecule has 0 heterocycles. The number of allylic oxidation sites excluding steroid dienone is 4. The maximum atomic E-state index is 2.62. The molecule has 2 unspecified atom stereocenters. The third-order valence-corrected chi connectivity index (χ3v) is 13.2. The number of unbranched alkanes of at least 4 members (excludes halogenated alkanes) is 1. The number of hydrogen-bond donors (Lipinski definition) is 0. The molecule has 2 atom stereocenters. The highest BCUT2D eigenvalue weighted by atomic mass is 28.3. The minimum Gasteiger partial charge on any atom is -0.0733 e. The minimum atomic E-state index is -2.10. The van der Waals surface area contributed by atoms with Crippen molar-refractivity contribution in [2.24, 2.45) is 0 Å². The van der Waals surface area contributed by atoms with Crippen LogP contribution in [0.5, 0.6) is 0 Å². The van der Waals surface area contributed by atoms with Gasteiger partial charge >= 0.3 is 0 Å². The van der Waals surface area contributed by atoms with Gasteiger partial charge in [-0.1, -0.05) is 114 Å². The van der Waals surface area contributed by atoms with E-state index < -0.39 is 8.07 Å². The molecule has 0 saturated heterocycles. The van der Waals surface area contributed by atoms with E-state index in [-0.39, 0.29) is 5.04 Å². The fraction of sp³-hybridized carbons (Fsp3) is 0.407. The summed E-state index contributed by atoms with van der Waals surface area (Å²) in [6.45, 7) is 16.4. The maximum Gasteiger partial charge on any atom is 0.131 e. The van der Waals surface area contributed by atoms with Crippen molar-refractivity contribution in [1.82, 2.24) is 0 Å². The summed E-state index contributed by atoms with van der Waals surface area (Å²) >= 11 is 0. The molecular formula is C27H36Si. The standard InChI is InChI=1S/C27H36Si/c1-8-9-15-28(25-13-11-10-12-14-25,26-17-20(2)16-21(3)18-26)27(7)19-22(4)23(5)24(27)6/h10-14,16-19H,8-9,15H2,1-7H3. The molecule has 0 aliphatic heterocycles. The molecule has 0 radical (unpaired) electrons. The second-order valence-corrected chi connectivity index (χ2v) is 13.5. The van der Waals surface area contributed by atoms with Crippen molar-refractivity contribution >= 4 is 18.4 Å². The molecule has 28 heavy (non-hydrogen) atoms. The van der Waals surface area contributed by atoms with E-state index in [2.05, 4.69) is 103 Å². The van der Waals surface area contributed by atoms with Crippen LogP contribution in [0.25, 0.3) is 0 Å². The molecule has 1 aliphatic carbocycles. The maximum absolute atomic E-state index is 2.62. The van der Waals surface area contributed by atoms with Gasteiger partial charge in [0.25, 0.3) is 0 Å². The largest absolute Gasteiger partial charge is 0.131 e. The van der Waals surface area contributed by atoms with Gasteiger partial charge in [-0.3, -0.25) is 0 Å². The van der Waals surface area contributed by atoms with Gasteiger partial charge in [0.2, 0.25) is 0 Å². The van der Waals surface area contributed by atoms with Crippen LogP contribution in [0.1, 0.15) is 58.6 Å². The molecule has 0 bridgehead atoms. The van der Waals surface area contributed by atoms with Crippen LogP contribution in [0.4, 0.5) is 0 Å². The summed E-state index contributed by atoms with van der Waals surface area (Å²) in [6.07, 6.45) is 5.14. The summed E-state index contributed by atoms with van der Waals surface area (Å²) in [5.41, 5.74) is 7.32. The van der Waals surface area contributed by atoms with E-state index in [0.29, 0.717) is 0 Å². The molecule has 0 saturated carbocycles. The first-order valence-corrected chi connectivity index (χ1v) is 13.0. The summed E-state index contributed by atoms with van der Waals surface area (Å²) in [7, 11) is -2.10. The number of hydrogen-bond acceptors (Lipinski definition) is 0. The highest BCUT2D eigenvalue weighted by Crippen LogP contribution is 2.54. The first-order chi connectivity index (χ1) is 13.3. The molecule has 1 aliphatic rings. The van der Waals surface area contributed by atoms with Gasteiger partial charge in [-0.05, 0) is 46.2 Å². The fourth-order valence-corrected chi connectivity index (χ4v) is 12.0. The lowest BCUT2D eigenvalue weighted by Crippen LogP contribution is -2.65. The molecule has 3 rings (SSSR count). The fourth-order valence-electron chi connectivity index (χ4n) is 5.48. The molecule has 2 aromatic carbocycles. The summed E-state index contributed by atoms with van der Waals surface area (Å²) in [5.74, 6) is 0. The van der Waals surface area contributed by atoms with Crippen molar-refractivity contribution in [3.8, 4) is 0 Å². The zero-order valence-electron chi connectivity index (χ0n) is 18.8. The molecule has 1 heteroatoms. The average molecular weight is 389 g/mol. The quantitative estimate of drug-likeness (QED) is 0.482. The highest BCUT2D eigenvalue weighted by molar-refractivity contribution is 7.05. The highest BCUT2D eigenvalue weighted by Gasteiger charge is 2.54. The average Bonchev–Trinajstić information content (AvgIpc) is 2.86. The van der Waals surface area contributed by atoms with Crippen LogP contribution in [0.15, 0.2) is 71.3 Å². The Hall–Kier alpha value is -1.86. The van der Waals surface area contributed by atoms with Crippen molar-refractivity contribution in [1.29, 1.82) is 0 Å². The first-order valence-electron chi connectivity index (χ1n) is 10.8. The molecule has 0 nitrogen and oxygen atoms in total. The number of benzene rings is 2. The second-order valence-electron chi connectivity index (χ2n) is 9.03. The van der Waals surface area contributed by atoms with Crippen molar-refractivity contribution in [2.75, 3.05) is 0 Å². The molecule has 0 aromatic heterocycles. The zero-order chi connectivity index (χ0) is 20.5. The predicted molar refractivity (Wildman–Crippen MR) is 128 cm³/mol. The Morgan fingerprint density at radius 2 is 1.43 bits per heavy atom. The van der Waals surface area contributed by atoms with Crippen molar-refractivity contribution in [3.05, 3.63) is 82.5 Å². The van der Waals surface area contributed by atoms with Gasteiger partial charge in [0.05, 0.1) is 0 Å². The van der Waals surface area contributed by atoms with Gasteiger partial charge in [0.1, 0.15) is 8.07 Å². The molecule has 0 fully saturated rings. The van der Waals surface area contributed by atoms with Crippen LogP contribution in [-0.4, -0.2) is 8.07 Å². The van der Waals surface area contributed by atoms with Crippen molar-refractivity contribution in [3.63, 3.8) is 0 Å². The minimum absolute atomic E-state index is 0.109. The lowest BCUT2D eigenvalue weighted by molar-refractivity contribution is 0.809. The third kappa shape index (κ3) is 3.24. The molecular weight excluding hydrogens is 352 g/mol. The van der Waals surface area contributed by atoms with Crippen LogP contribution >= 0.6 is 0 Å². The van der Waals surface area contributed by atoms with Crippen LogP contribution in [0.3, 0.4) is 0 Å². The van der Waals surface area contributed by atoms with E-state index in [1.54, 1.807) is 15.9 Å². The molecule has 148 valence electrons. The Morgan fingerprint density at radius 1 is 0.821 bits per heavy atom. The normalized spacial score (nSPS) is 21.6. The van der Waals surface area contributed by atoms with Gasteiger partial charge in [-0.25, -0.2) is 0 Å². The second kappa shape index (κ2) is 7.87. The Labute approximate surface area is 173 Å². The lowest BCUT2D eigenvalue weighted by Gasteiger charge is -2.47. The van der Waals surface area contributed by atoms with E-state index in [4.69, 9.17) is 0 Å². The van der Waals surface area contributed by atoms with E-state index >= 15 is 0 Å². The SMILES string of the molecule is CCCC[Si](c1ccccc1)(c1cc(C)cc(C)c1)C1(C)C=C(C)C(C)=C1C. The van der Waals surface area contributed by atoms with Crippen LogP contribution in [0, 0.1) is 13.8 Å². The topological polar surface area (TPSA) is 0 Å². The van der Waals surface area contributed by atoms with E-state index in [0.717, 1.165) is 0 Å². The van der Waals surface area contributed by atoms with E-state index in [1.165, 1.54) is 41.2 Å².